The highest BCUT2D eigenvalue weighted by Crippen LogP contribution is 2.38. The van der Waals surface area contributed by atoms with Gasteiger partial charge in [-0.15, -0.1) is 0 Å². The van der Waals surface area contributed by atoms with Gasteiger partial charge in [0.05, 0.1) is 5.54 Å². The molecule has 4 nitrogen and oxygen atoms in total. The monoisotopic (exact) mass is 339 g/mol. The Morgan fingerprint density at radius 3 is 2.38 bits per heavy atom. The van der Waals surface area contributed by atoms with Crippen LogP contribution in [-0.2, 0) is 15.1 Å². The minimum absolute atomic E-state index is 0.0328. The fourth-order valence-electron chi connectivity index (χ4n) is 3.39. The molecule has 6 heteroatoms. The quantitative estimate of drug-likeness (QED) is 0.741. The number of carbonyl (C=O) groups is 2. The molecule has 0 heterocycles. The van der Waals surface area contributed by atoms with E-state index < -0.39 is 23.1 Å². The molecule has 0 atom stereocenters. The number of carbonyl (C=O) groups excluding carboxylic acids is 1. The first-order chi connectivity index (χ1) is 11.4. The predicted molar refractivity (Wildman–Crippen MR) is 85.4 cm³/mol. The molecule has 1 aliphatic carbocycles. The lowest BCUT2D eigenvalue weighted by Gasteiger charge is -2.39. The molecule has 132 valence electrons. The summed E-state index contributed by atoms with van der Waals surface area (Å²) in [4.78, 5) is 22.7. The SMILES string of the molecule is O=C(O)CCCCC(=O)NC1(c2ccc(F)cc2F)CCCCC1. The summed E-state index contributed by atoms with van der Waals surface area (Å²) in [6, 6.07) is 3.49. The molecule has 0 aromatic heterocycles. The van der Waals surface area contributed by atoms with Crippen LogP contribution in [0.1, 0.15) is 63.4 Å². The lowest BCUT2D eigenvalue weighted by atomic mass is 9.76. The Kier molecular flexibility index (Phi) is 6.29. The van der Waals surface area contributed by atoms with Crippen LogP contribution in [0.5, 0.6) is 0 Å². The molecular weight excluding hydrogens is 316 g/mol. The number of rotatable bonds is 7. The van der Waals surface area contributed by atoms with E-state index >= 15 is 0 Å². The summed E-state index contributed by atoms with van der Waals surface area (Å²) in [7, 11) is 0. The normalized spacial score (nSPS) is 16.6. The zero-order valence-corrected chi connectivity index (χ0v) is 13.6. The number of unbranched alkanes of at least 4 members (excludes halogenated alkanes) is 1. The molecule has 1 aliphatic rings. The van der Waals surface area contributed by atoms with Crippen molar-refractivity contribution in [3.63, 3.8) is 0 Å². The highest BCUT2D eigenvalue weighted by atomic mass is 19.1. The summed E-state index contributed by atoms with van der Waals surface area (Å²) in [6.45, 7) is 0. The van der Waals surface area contributed by atoms with Gasteiger partial charge in [0.25, 0.3) is 0 Å². The zero-order chi connectivity index (χ0) is 17.6. The molecule has 0 saturated heterocycles. The van der Waals surface area contributed by atoms with E-state index in [0.29, 0.717) is 31.2 Å². The zero-order valence-electron chi connectivity index (χ0n) is 13.6. The second kappa shape index (κ2) is 8.22. The largest absolute Gasteiger partial charge is 0.481 e. The summed E-state index contributed by atoms with van der Waals surface area (Å²) in [5, 5.41) is 11.6. The van der Waals surface area contributed by atoms with Crippen LogP contribution in [0, 0.1) is 11.6 Å². The van der Waals surface area contributed by atoms with E-state index in [1.807, 2.05) is 0 Å². The molecule has 0 radical (unpaired) electrons. The molecule has 1 aromatic carbocycles. The third kappa shape index (κ3) is 4.76. The van der Waals surface area contributed by atoms with Crippen LogP contribution in [0.2, 0.25) is 0 Å². The average Bonchev–Trinajstić information content (AvgIpc) is 2.52. The lowest BCUT2D eigenvalue weighted by molar-refractivity contribution is -0.137. The topological polar surface area (TPSA) is 66.4 Å². The lowest BCUT2D eigenvalue weighted by Crippen LogP contribution is -2.47. The molecule has 0 spiro atoms. The smallest absolute Gasteiger partial charge is 0.303 e. The maximum absolute atomic E-state index is 14.3. The van der Waals surface area contributed by atoms with Crippen molar-refractivity contribution in [2.75, 3.05) is 0 Å². The molecule has 24 heavy (non-hydrogen) atoms. The number of hydrogen-bond donors (Lipinski definition) is 2. The van der Waals surface area contributed by atoms with Gasteiger partial charge in [0.2, 0.25) is 5.91 Å². The van der Waals surface area contributed by atoms with Gasteiger partial charge in [-0.25, -0.2) is 8.78 Å². The van der Waals surface area contributed by atoms with Crippen molar-refractivity contribution in [1.82, 2.24) is 5.32 Å². The average molecular weight is 339 g/mol. The van der Waals surface area contributed by atoms with Gasteiger partial charge in [0, 0.05) is 24.5 Å². The highest BCUT2D eigenvalue weighted by Gasteiger charge is 2.37. The second-order valence-corrected chi connectivity index (χ2v) is 6.42. The van der Waals surface area contributed by atoms with Crippen LogP contribution in [0.25, 0.3) is 0 Å². The maximum Gasteiger partial charge on any atom is 0.303 e. The van der Waals surface area contributed by atoms with E-state index in [9.17, 15) is 18.4 Å². The molecule has 0 aliphatic heterocycles. The Morgan fingerprint density at radius 1 is 1.08 bits per heavy atom. The fourth-order valence-corrected chi connectivity index (χ4v) is 3.39. The molecule has 2 N–H and O–H groups in total. The van der Waals surface area contributed by atoms with Crippen molar-refractivity contribution < 1.29 is 23.5 Å². The number of hydrogen-bond acceptors (Lipinski definition) is 2. The molecule has 1 amide bonds. The summed E-state index contributed by atoms with van der Waals surface area (Å²) < 4.78 is 27.5. The van der Waals surface area contributed by atoms with Crippen molar-refractivity contribution >= 4 is 11.9 Å². The number of benzene rings is 1. The minimum atomic E-state index is -0.882. The van der Waals surface area contributed by atoms with E-state index in [2.05, 4.69) is 5.32 Å². The molecule has 0 bridgehead atoms. The van der Waals surface area contributed by atoms with Crippen LogP contribution < -0.4 is 5.32 Å². The Balaban J connectivity index is 2.07. The maximum atomic E-state index is 14.3. The third-order valence-electron chi connectivity index (χ3n) is 4.58. The molecule has 2 rings (SSSR count). The Hall–Kier alpha value is -1.98. The first-order valence-corrected chi connectivity index (χ1v) is 8.41. The van der Waals surface area contributed by atoms with Gasteiger partial charge in [0.1, 0.15) is 11.6 Å². The van der Waals surface area contributed by atoms with Gasteiger partial charge < -0.3 is 10.4 Å². The molecular formula is C18H23F2NO3. The van der Waals surface area contributed by atoms with Crippen LogP contribution in [0.4, 0.5) is 8.78 Å². The number of halogens is 2. The van der Waals surface area contributed by atoms with E-state index in [0.717, 1.165) is 25.3 Å². The summed E-state index contributed by atoms with van der Waals surface area (Å²) in [5.74, 6) is -2.37. The van der Waals surface area contributed by atoms with Crippen LogP contribution in [0.15, 0.2) is 18.2 Å². The van der Waals surface area contributed by atoms with E-state index in [1.165, 1.54) is 12.1 Å². The summed E-state index contributed by atoms with van der Waals surface area (Å²) in [5.41, 5.74) is -0.456. The van der Waals surface area contributed by atoms with Crippen molar-refractivity contribution in [3.8, 4) is 0 Å². The molecule has 0 unspecified atom stereocenters. The van der Waals surface area contributed by atoms with Gasteiger partial charge in [-0.05, 0) is 31.7 Å². The molecule has 1 fully saturated rings. The van der Waals surface area contributed by atoms with Crippen molar-refractivity contribution in [2.24, 2.45) is 0 Å². The first kappa shape index (κ1) is 18.4. The Labute approximate surface area is 140 Å². The number of amides is 1. The third-order valence-corrected chi connectivity index (χ3v) is 4.58. The minimum Gasteiger partial charge on any atom is -0.481 e. The molecule has 1 aromatic rings. The van der Waals surface area contributed by atoms with E-state index in [-0.39, 0.29) is 18.7 Å². The van der Waals surface area contributed by atoms with E-state index in [4.69, 9.17) is 5.11 Å². The van der Waals surface area contributed by atoms with Gasteiger partial charge in [-0.2, -0.15) is 0 Å². The van der Waals surface area contributed by atoms with Crippen molar-refractivity contribution in [3.05, 3.63) is 35.4 Å². The molecule has 1 saturated carbocycles. The number of carboxylic acid groups (broad SMARTS) is 1. The summed E-state index contributed by atoms with van der Waals surface area (Å²) >= 11 is 0. The van der Waals surface area contributed by atoms with Crippen molar-refractivity contribution in [2.45, 2.75) is 63.3 Å². The van der Waals surface area contributed by atoms with Crippen LogP contribution in [-0.4, -0.2) is 17.0 Å². The Morgan fingerprint density at radius 2 is 1.75 bits per heavy atom. The second-order valence-electron chi connectivity index (χ2n) is 6.42. The standard InChI is InChI=1S/C18H23F2NO3/c19-13-8-9-14(15(20)12-13)18(10-4-1-5-11-18)21-16(22)6-2-3-7-17(23)24/h8-9,12H,1-7,10-11H2,(H,21,22)(H,23,24). The summed E-state index contributed by atoms with van der Waals surface area (Å²) in [6.07, 6.45) is 5.15. The number of carboxylic acids is 1. The van der Waals surface area contributed by atoms with Crippen LogP contribution >= 0.6 is 0 Å². The first-order valence-electron chi connectivity index (χ1n) is 8.41. The fraction of sp³-hybridized carbons (Fsp3) is 0.556. The van der Waals surface area contributed by atoms with E-state index in [1.54, 1.807) is 0 Å². The number of aliphatic carboxylic acids is 1. The predicted octanol–water partition coefficient (Wildman–Crippen LogP) is 3.89. The Bertz CT molecular complexity index is 598. The van der Waals surface area contributed by atoms with Gasteiger partial charge in [0.15, 0.2) is 0 Å². The highest BCUT2D eigenvalue weighted by molar-refractivity contribution is 5.77. The van der Waals surface area contributed by atoms with Crippen LogP contribution in [0.3, 0.4) is 0 Å². The van der Waals surface area contributed by atoms with Gasteiger partial charge in [-0.3, -0.25) is 9.59 Å². The van der Waals surface area contributed by atoms with Crippen molar-refractivity contribution in [1.29, 1.82) is 0 Å². The van der Waals surface area contributed by atoms with Gasteiger partial charge >= 0.3 is 5.97 Å². The van der Waals surface area contributed by atoms with Gasteiger partial charge in [-0.1, -0.05) is 25.3 Å². The number of nitrogens with one attached hydrogen (secondary N) is 1.